The van der Waals surface area contributed by atoms with E-state index in [1.54, 1.807) is 0 Å². The Morgan fingerprint density at radius 3 is 2.78 bits per heavy atom. The van der Waals surface area contributed by atoms with Crippen LogP contribution in [0.5, 0.6) is 0 Å². The SMILES string of the molecule is CC1CCCCC1=[O+][O-]. The van der Waals surface area contributed by atoms with Gasteiger partial charge in [0.2, 0.25) is 0 Å². The molecule has 0 radical (unpaired) electrons. The summed E-state index contributed by atoms with van der Waals surface area (Å²) in [7, 11) is 0. The topological polar surface area (TPSA) is 34.4 Å². The molecular formula is C7H12O2. The molecule has 0 aromatic rings. The molecule has 2 nitrogen and oxygen atoms in total. The second-order valence-corrected chi connectivity index (χ2v) is 2.70. The van der Waals surface area contributed by atoms with E-state index in [4.69, 9.17) is 0 Å². The molecule has 2 heteroatoms. The van der Waals surface area contributed by atoms with Gasteiger partial charge in [0.15, 0.2) is 0 Å². The maximum atomic E-state index is 9.96. The Balaban J connectivity index is 2.49. The summed E-state index contributed by atoms with van der Waals surface area (Å²) in [4.78, 5) is 0. The average Bonchev–Trinajstić information content (AvgIpc) is 1.89. The minimum atomic E-state index is 0.399. The van der Waals surface area contributed by atoms with Crippen molar-refractivity contribution in [2.45, 2.75) is 32.6 Å². The van der Waals surface area contributed by atoms with Crippen molar-refractivity contribution in [1.82, 2.24) is 0 Å². The van der Waals surface area contributed by atoms with Gasteiger partial charge in [0.05, 0.1) is 12.3 Å². The fraction of sp³-hybridized carbons (Fsp3) is 0.857. The second kappa shape index (κ2) is 2.85. The van der Waals surface area contributed by atoms with E-state index in [1.807, 2.05) is 6.92 Å². The molecule has 0 bridgehead atoms. The van der Waals surface area contributed by atoms with Crippen molar-refractivity contribution >= 4 is 5.78 Å². The van der Waals surface area contributed by atoms with E-state index in [0.29, 0.717) is 5.92 Å². The van der Waals surface area contributed by atoms with E-state index in [0.717, 1.165) is 25.0 Å². The van der Waals surface area contributed by atoms with Crippen LogP contribution in [-0.2, 0) is 4.58 Å². The summed E-state index contributed by atoms with van der Waals surface area (Å²) >= 11 is 0. The number of rotatable bonds is 0. The summed E-state index contributed by atoms with van der Waals surface area (Å²) in [6.07, 6.45) is 4.37. The highest BCUT2D eigenvalue weighted by Crippen LogP contribution is 2.19. The molecular weight excluding hydrogens is 116 g/mol. The lowest BCUT2D eigenvalue weighted by Gasteiger charge is -2.10. The molecule has 0 aliphatic heterocycles. The molecule has 0 aromatic heterocycles. The highest BCUT2D eigenvalue weighted by molar-refractivity contribution is 5.81. The second-order valence-electron chi connectivity index (χ2n) is 2.70. The van der Waals surface area contributed by atoms with Crippen molar-refractivity contribution in [2.75, 3.05) is 0 Å². The first-order valence-corrected chi connectivity index (χ1v) is 3.50. The van der Waals surface area contributed by atoms with Gasteiger partial charge in [0, 0.05) is 0 Å². The largest absolute Gasteiger partial charge is 0.463 e. The molecule has 0 spiro atoms. The first-order chi connectivity index (χ1) is 4.34. The third-order valence-electron chi connectivity index (χ3n) is 1.97. The summed E-state index contributed by atoms with van der Waals surface area (Å²) in [6.45, 7) is 2.05. The van der Waals surface area contributed by atoms with E-state index in [9.17, 15) is 5.26 Å². The van der Waals surface area contributed by atoms with Crippen LogP contribution < -0.4 is 5.26 Å². The fourth-order valence-electron chi connectivity index (χ4n) is 1.28. The standard InChI is InChI=1S/C7H12O2/c1-6-4-2-3-5-7(6)9-8/h6H,2-5H2,1H3. The monoisotopic (exact) mass is 128 g/mol. The van der Waals surface area contributed by atoms with E-state index in [1.165, 1.54) is 6.42 Å². The van der Waals surface area contributed by atoms with Crippen LogP contribution in [0.2, 0.25) is 0 Å². The Morgan fingerprint density at radius 1 is 1.56 bits per heavy atom. The summed E-state index contributed by atoms with van der Waals surface area (Å²) < 4.78 is 3.97. The van der Waals surface area contributed by atoms with Crippen LogP contribution in [0.25, 0.3) is 0 Å². The zero-order chi connectivity index (χ0) is 6.69. The van der Waals surface area contributed by atoms with Crippen LogP contribution in [0, 0.1) is 5.92 Å². The zero-order valence-corrected chi connectivity index (χ0v) is 5.72. The van der Waals surface area contributed by atoms with Gasteiger partial charge in [-0.15, -0.1) is 0 Å². The number of hydrogen-bond donors (Lipinski definition) is 0. The minimum Gasteiger partial charge on any atom is -0.463 e. The lowest BCUT2D eigenvalue weighted by Crippen LogP contribution is -2.21. The maximum absolute atomic E-state index is 9.96. The molecule has 0 aromatic carbocycles. The van der Waals surface area contributed by atoms with Crippen LogP contribution in [0.1, 0.15) is 32.6 Å². The van der Waals surface area contributed by atoms with Crippen molar-refractivity contribution in [3.05, 3.63) is 0 Å². The molecule has 0 saturated heterocycles. The highest BCUT2D eigenvalue weighted by Gasteiger charge is 2.24. The van der Waals surface area contributed by atoms with Crippen LogP contribution >= 0.6 is 0 Å². The van der Waals surface area contributed by atoms with Crippen LogP contribution in [0.4, 0.5) is 0 Å². The average molecular weight is 128 g/mol. The lowest BCUT2D eigenvalue weighted by molar-refractivity contribution is -1.05. The molecule has 1 rings (SSSR count). The summed E-state index contributed by atoms with van der Waals surface area (Å²) in [6, 6.07) is 0. The van der Waals surface area contributed by atoms with Crippen LogP contribution in [0.3, 0.4) is 0 Å². The van der Waals surface area contributed by atoms with Crippen LogP contribution in [0.15, 0.2) is 0 Å². The third-order valence-corrected chi connectivity index (χ3v) is 1.97. The first kappa shape index (κ1) is 6.59. The van der Waals surface area contributed by atoms with Crippen molar-refractivity contribution in [3.8, 4) is 0 Å². The fourth-order valence-corrected chi connectivity index (χ4v) is 1.28. The molecule has 1 atom stereocenters. The Labute approximate surface area is 55.1 Å². The summed E-state index contributed by atoms with van der Waals surface area (Å²) in [5.41, 5.74) is 0. The van der Waals surface area contributed by atoms with Gasteiger partial charge in [-0.3, -0.25) is 0 Å². The van der Waals surface area contributed by atoms with Crippen LogP contribution in [-0.4, -0.2) is 5.78 Å². The van der Waals surface area contributed by atoms with E-state index in [-0.39, 0.29) is 0 Å². The summed E-state index contributed by atoms with van der Waals surface area (Å²) in [5.74, 6) is 1.15. The predicted octanol–water partition coefficient (Wildman–Crippen LogP) is 0.577. The molecule has 0 amide bonds. The molecule has 1 fully saturated rings. The molecule has 52 valence electrons. The molecule has 0 heterocycles. The predicted molar refractivity (Wildman–Crippen MR) is 32.6 cm³/mol. The molecule has 1 aliphatic rings. The third kappa shape index (κ3) is 1.44. The maximum Gasteiger partial charge on any atom is 0.332 e. The number of carbonyl (C=O) groups excluding carboxylic acids is 1. The Kier molecular flexibility index (Phi) is 2.09. The Morgan fingerprint density at radius 2 is 2.33 bits per heavy atom. The minimum absolute atomic E-state index is 0.399. The number of ketones is 1. The molecule has 1 unspecified atom stereocenters. The molecule has 9 heavy (non-hydrogen) atoms. The molecule has 0 N–H and O–H groups in total. The first-order valence-electron chi connectivity index (χ1n) is 3.50. The van der Waals surface area contributed by atoms with Gasteiger partial charge in [0.25, 0.3) is 0 Å². The normalized spacial score (nSPS) is 33.0. The quantitative estimate of drug-likeness (QED) is 0.267. The van der Waals surface area contributed by atoms with Gasteiger partial charge in [-0.05, 0) is 12.8 Å². The van der Waals surface area contributed by atoms with E-state index >= 15 is 0 Å². The smallest absolute Gasteiger partial charge is 0.332 e. The lowest BCUT2D eigenvalue weighted by atomic mass is 9.90. The Bertz CT molecular complexity index is 118. The van der Waals surface area contributed by atoms with Crippen molar-refractivity contribution in [2.24, 2.45) is 5.92 Å². The van der Waals surface area contributed by atoms with Crippen molar-refractivity contribution < 1.29 is 9.83 Å². The van der Waals surface area contributed by atoms with Gasteiger partial charge in [-0.1, -0.05) is 13.3 Å². The Hall–Kier alpha value is -0.530. The van der Waals surface area contributed by atoms with Gasteiger partial charge < -0.3 is 5.26 Å². The van der Waals surface area contributed by atoms with Gasteiger partial charge >= 0.3 is 5.78 Å². The van der Waals surface area contributed by atoms with Crippen molar-refractivity contribution in [1.29, 1.82) is 0 Å². The van der Waals surface area contributed by atoms with Gasteiger partial charge in [-0.2, -0.15) is 4.58 Å². The summed E-state index contributed by atoms with van der Waals surface area (Å²) in [5, 5.41) is 9.96. The zero-order valence-electron chi connectivity index (χ0n) is 5.72. The van der Waals surface area contributed by atoms with Gasteiger partial charge in [0.1, 0.15) is 0 Å². The molecule has 1 aliphatic carbocycles. The van der Waals surface area contributed by atoms with Crippen molar-refractivity contribution in [3.63, 3.8) is 0 Å². The van der Waals surface area contributed by atoms with E-state index < -0.39 is 0 Å². The highest BCUT2D eigenvalue weighted by atomic mass is 17.1. The van der Waals surface area contributed by atoms with Gasteiger partial charge in [-0.25, -0.2) is 0 Å². The van der Waals surface area contributed by atoms with E-state index in [2.05, 4.69) is 4.58 Å². The molecule has 1 saturated carbocycles. The number of hydrogen-bond acceptors (Lipinski definition) is 1.